The normalized spacial score (nSPS) is 22.8. The van der Waals surface area contributed by atoms with E-state index in [9.17, 15) is 0 Å². The Morgan fingerprint density at radius 2 is 1.92 bits per heavy atom. The third-order valence-electron chi connectivity index (χ3n) is 2.72. The molecule has 2 atom stereocenters. The van der Waals surface area contributed by atoms with Crippen LogP contribution in [0.1, 0.15) is 33.6 Å². The largest absolute Gasteiger partial charge is 0.377 e. The Morgan fingerprint density at radius 3 is 2.33 bits per heavy atom. The summed E-state index contributed by atoms with van der Waals surface area (Å²) in [5.74, 6) is 1.35. The van der Waals surface area contributed by atoms with Crippen molar-refractivity contribution in [2.45, 2.75) is 45.8 Å². The zero-order valence-electron chi connectivity index (χ0n) is 8.42. The van der Waals surface area contributed by atoms with Gasteiger partial charge in [0.1, 0.15) is 0 Å². The van der Waals surface area contributed by atoms with Crippen molar-refractivity contribution in [1.82, 2.24) is 0 Å². The maximum Gasteiger partial charge on any atom is 0.0623 e. The molecule has 1 fully saturated rings. The van der Waals surface area contributed by atoms with Gasteiger partial charge in [-0.05, 0) is 31.6 Å². The molecule has 2 heteroatoms. The van der Waals surface area contributed by atoms with Crippen LogP contribution in [0.3, 0.4) is 0 Å². The van der Waals surface area contributed by atoms with Gasteiger partial charge in [0, 0.05) is 6.04 Å². The summed E-state index contributed by atoms with van der Waals surface area (Å²) in [6.07, 6.45) is 2.95. The van der Waals surface area contributed by atoms with Gasteiger partial charge in [0.2, 0.25) is 0 Å². The van der Waals surface area contributed by atoms with Gasteiger partial charge in [0.15, 0.2) is 0 Å². The molecule has 12 heavy (non-hydrogen) atoms. The number of hydrogen-bond donors (Lipinski definition) is 1. The second-order valence-electron chi connectivity index (χ2n) is 4.28. The molecule has 0 aliphatic heterocycles. The fourth-order valence-corrected chi connectivity index (χ4v) is 1.12. The van der Waals surface area contributed by atoms with E-state index in [0.29, 0.717) is 12.0 Å². The van der Waals surface area contributed by atoms with Crippen LogP contribution < -0.4 is 5.73 Å². The van der Waals surface area contributed by atoms with Crippen LogP contribution in [0.2, 0.25) is 0 Å². The summed E-state index contributed by atoms with van der Waals surface area (Å²) in [4.78, 5) is 0. The van der Waals surface area contributed by atoms with Crippen molar-refractivity contribution in [2.24, 2.45) is 17.6 Å². The average molecular weight is 171 g/mol. The molecular formula is C10H21NO. The third kappa shape index (κ3) is 3.11. The molecule has 0 aromatic rings. The molecule has 0 spiro atoms. The molecule has 1 rings (SSSR count). The van der Waals surface area contributed by atoms with Gasteiger partial charge in [-0.3, -0.25) is 0 Å². The number of nitrogens with two attached hydrogens (primary N) is 1. The van der Waals surface area contributed by atoms with Crippen LogP contribution in [0, 0.1) is 11.8 Å². The van der Waals surface area contributed by atoms with E-state index >= 15 is 0 Å². The highest BCUT2D eigenvalue weighted by Gasteiger charge is 2.28. The molecular weight excluding hydrogens is 150 g/mol. The van der Waals surface area contributed by atoms with Gasteiger partial charge >= 0.3 is 0 Å². The molecule has 0 bridgehead atoms. The second kappa shape index (κ2) is 4.24. The molecule has 1 aliphatic carbocycles. The zero-order valence-corrected chi connectivity index (χ0v) is 8.42. The monoisotopic (exact) mass is 171 g/mol. The maximum atomic E-state index is 5.90. The Balaban J connectivity index is 2.07. The number of hydrogen-bond acceptors (Lipinski definition) is 2. The van der Waals surface area contributed by atoms with Crippen LogP contribution in [0.5, 0.6) is 0 Å². The Kier molecular flexibility index (Phi) is 3.53. The molecule has 2 unspecified atom stereocenters. The molecule has 72 valence electrons. The van der Waals surface area contributed by atoms with Gasteiger partial charge < -0.3 is 10.5 Å². The van der Waals surface area contributed by atoms with Crippen molar-refractivity contribution in [1.29, 1.82) is 0 Å². The minimum Gasteiger partial charge on any atom is -0.377 e. The number of ether oxygens (including phenoxy) is 1. The Bertz CT molecular complexity index is 124. The summed E-state index contributed by atoms with van der Waals surface area (Å²) in [7, 11) is 0. The molecule has 0 amide bonds. The molecule has 0 radical (unpaired) electrons. The van der Waals surface area contributed by atoms with E-state index in [-0.39, 0.29) is 6.04 Å². The Labute approximate surface area is 75.5 Å². The highest BCUT2D eigenvalue weighted by Crippen LogP contribution is 2.31. The Hall–Kier alpha value is -0.0800. The molecule has 2 nitrogen and oxygen atoms in total. The predicted molar refractivity (Wildman–Crippen MR) is 51.0 cm³/mol. The van der Waals surface area contributed by atoms with Crippen molar-refractivity contribution in [3.63, 3.8) is 0 Å². The number of rotatable bonds is 5. The van der Waals surface area contributed by atoms with Crippen LogP contribution in [0.4, 0.5) is 0 Å². The van der Waals surface area contributed by atoms with Gasteiger partial charge in [0.05, 0.1) is 12.7 Å². The van der Waals surface area contributed by atoms with E-state index in [2.05, 4.69) is 20.8 Å². The van der Waals surface area contributed by atoms with Crippen LogP contribution in [-0.4, -0.2) is 18.8 Å². The highest BCUT2D eigenvalue weighted by atomic mass is 16.5. The third-order valence-corrected chi connectivity index (χ3v) is 2.72. The van der Waals surface area contributed by atoms with Crippen LogP contribution in [0.15, 0.2) is 0 Å². The minimum atomic E-state index is 0.284. The molecule has 1 saturated carbocycles. The van der Waals surface area contributed by atoms with Crippen LogP contribution in [0.25, 0.3) is 0 Å². The minimum absolute atomic E-state index is 0.284. The fraction of sp³-hybridized carbons (Fsp3) is 1.00. The smallest absolute Gasteiger partial charge is 0.0623 e. The second-order valence-corrected chi connectivity index (χ2v) is 4.28. The standard InChI is InChI=1S/C10H21NO/c1-7(2)8(3)12-6-10(11)9-4-5-9/h7-10H,4-6,11H2,1-3H3. The van der Waals surface area contributed by atoms with E-state index in [1.807, 2.05) is 0 Å². The van der Waals surface area contributed by atoms with Crippen LogP contribution in [-0.2, 0) is 4.74 Å². The van der Waals surface area contributed by atoms with Gasteiger partial charge in [-0.2, -0.15) is 0 Å². The summed E-state index contributed by atoms with van der Waals surface area (Å²) in [6, 6.07) is 0.284. The first-order valence-electron chi connectivity index (χ1n) is 4.98. The molecule has 0 aromatic heterocycles. The lowest BCUT2D eigenvalue weighted by atomic mass is 10.1. The predicted octanol–water partition coefficient (Wildman–Crippen LogP) is 1.78. The lowest BCUT2D eigenvalue weighted by Gasteiger charge is -2.19. The van der Waals surface area contributed by atoms with E-state index in [1.54, 1.807) is 0 Å². The van der Waals surface area contributed by atoms with Gasteiger partial charge in [0.25, 0.3) is 0 Å². The summed E-state index contributed by atoms with van der Waals surface area (Å²) in [5, 5.41) is 0. The van der Waals surface area contributed by atoms with Gasteiger partial charge in [-0.15, -0.1) is 0 Å². The first-order valence-corrected chi connectivity index (χ1v) is 4.98. The lowest BCUT2D eigenvalue weighted by molar-refractivity contribution is 0.0247. The van der Waals surface area contributed by atoms with Gasteiger partial charge in [-0.25, -0.2) is 0 Å². The van der Waals surface area contributed by atoms with E-state index in [0.717, 1.165) is 12.5 Å². The summed E-state index contributed by atoms with van der Waals surface area (Å²) < 4.78 is 5.64. The quantitative estimate of drug-likeness (QED) is 0.684. The first kappa shape index (κ1) is 10.0. The maximum absolute atomic E-state index is 5.90. The Morgan fingerprint density at radius 1 is 1.33 bits per heavy atom. The lowest BCUT2D eigenvalue weighted by Crippen LogP contribution is -2.31. The molecule has 0 saturated heterocycles. The van der Waals surface area contributed by atoms with Crippen molar-refractivity contribution >= 4 is 0 Å². The van der Waals surface area contributed by atoms with Crippen molar-refractivity contribution in [2.75, 3.05) is 6.61 Å². The van der Waals surface area contributed by atoms with E-state index < -0.39 is 0 Å². The van der Waals surface area contributed by atoms with E-state index in [4.69, 9.17) is 10.5 Å². The zero-order chi connectivity index (χ0) is 9.14. The topological polar surface area (TPSA) is 35.2 Å². The molecule has 0 aromatic carbocycles. The summed E-state index contributed by atoms with van der Waals surface area (Å²) in [5.41, 5.74) is 5.90. The average Bonchev–Trinajstić information content (AvgIpc) is 2.81. The van der Waals surface area contributed by atoms with E-state index in [1.165, 1.54) is 12.8 Å². The molecule has 1 aliphatic rings. The summed E-state index contributed by atoms with van der Waals surface area (Å²) >= 11 is 0. The molecule has 2 N–H and O–H groups in total. The summed E-state index contributed by atoms with van der Waals surface area (Å²) in [6.45, 7) is 7.20. The van der Waals surface area contributed by atoms with Crippen LogP contribution >= 0.6 is 0 Å². The SMILES string of the molecule is CC(C)C(C)OCC(N)C1CC1. The molecule has 0 heterocycles. The van der Waals surface area contributed by atoms with Crippen molar-refractivity contribution in [3.8, 4) is 0 Å². The highest BCUT2D eigenvalue weighted by molar-refractivity contribution is 4.83. The first-order chi connectivity index (χ1) is 5.61. The van der Waals surface area contributed by atoms with Crippen molar-refractivity contribution < 1.29 is 4.74 Å². The fourth-order valence-electron chi connectivity index (χ4n) is 1.12. The van der Waals surface area contributed by atoms with Crippen molar-refractivity contribution in [3.05, 3.63) is 0 Å². The van der Waals surface area contributed by atoms with Gasteiger partial charge in [-0.1, -0.05) is 13.8 Å².